The summed E-state index contributed by atoms with van der Waals surface area (Å²) in [4.78, 5) is 7.95. The standard InChI is InChI=1S/C25H25N2O3P/c1-15-11-21-23(27-25(26-21)30-20-12-19(28)13-29-14-20)24(31)22(15)18-9-7-17(8-10-18)16-5-3-2-4-6-16/h2-11,19-20,28H,12-14,31H2,1H3,(H,26,27). The van der Waals surface area contributed by atoms with Crippen molar-refractivity contribution in [2.24, 2.45) is 0 Å². The van der Waals surface area contributed by atoms with Gasteiger partial charge in [-0.05, 0) is 40.8 Å². The summed E-state index contributed by atoms with van der Waals surface area (Å²) in [6, 6.07) is 21.6. The molecule has 1 aliphatic heterocycles. The zero-order valence-electron chi connectivity index (χ0n) is 17.3. The van der Waals surface area contributed by atoms with Gasteiger partial charge >= 0.3 is 0 Å². The number of hydrogen-bond donors (Lipinski definition) is 2. The topological polar surface area (TPSA) is 67.4 Å². The third-order valence-corrected chi connectivity index (χ3v) is 6.26. The molecule has 3 aromatic carbocycles. The number of nitrogens with zero attached hydrogens (tertiary/aromatic N) is 1. The van der Waals surface area contributed by atoms with Gasteiger partial charge in [-0.15, -0.1) is 9.24 Å². The maximum atomic E-state index is 9.79. The van der Waals surface area contributed by atoms with E-state index in [2.05, 4.69) is 80.7 Å². The Morgan fingerprint density at radius 3 is 2.48 bits per heavy atom. The number of aromatic nitrogens is 2. The largest absolute Gasteiger partial charge is 0.459 e. The molecule has 3 atom stereocenters. The Labute approximate surface area is 183 Å². The van der Waals surface area contributed by atoms with Gasteiger partial charge in [0.1, 0.15) is 6.10 Å². The van der Waals surface area contributed by atoms with Gasteiger partial charge in [0, 0.05) is 11.7 Å². The van der Waals surface area contributed by atoms with E-state index in [-0.39, 0.29) is 6.10 Å². The van der Waals surface area contributed by atoms with Gasteiger partial charge in [-0.3, -0.25) is 0 Å². The third-order valence-electron chi connectivity index (χ3n) is 5.70. The molecule has 1 fully saturated rings. The zero-order chi connectivity index (χ0) is 21.4. The van der Waals surface area contributed by atoms with Crippen molar-refractivity contribution < 1.29 is 14.6 Å². The van der Waals surface area contributed by atoms with Crippen molar-refractivity contribution in [2.45, 2.75) is 25.6 Å². The molecule has 1 aliphatic rings. The van der Waals surface area contributed by atoms with E-state index in [4.69, 9.17) is 9.47 Å². The third kappa shape index (κ3) is 4.09. The number of hydrogen-bond acceptors (Lipinski definition) is 4. The fourth-order valence-electron chi connectivity index (χ4n) is 4.21. The van der Waals surface area contributed by atoms with Crippen LogP contribution in [0, 0.1) is 6.92 Å². The number of aryl methyl sites for hydroxylation is 1. The van der Waals surface area contributed by atoms with Gasteiger partial charge in [-0.2, -0.15) is 4.98 Å². The molecule has 6 heteroatoms. The molecule has 1 aromatic heterocycles. The van der Waals surface area contributed by atoms with Crippen LogP contribution in [-0.4, -0.2) is 40.5 Å². The first kappa shape index (κ1) is 20.2. The number of ether oxygens (including phenoxy) is 2. The fourth-order valence-corrected chi connectivity index (χ4v) is 4.82. The van der Waals surface area contributed by atoms with Gasteiger partial charge < -0.3 is 19.6 Å². The van der Waals surface area contributed by atoms with Crippen LogP contribution in [0.15, 0.2) is 60.7 Å². The van der Waals surface area contributed by atoms with E-state index in [0.717, 1.165) is 33.0 Å². The predicted octanol–water partition coefficient (Wildman–Crippen LogP) is 4.23. The minimum Gasteiger partial charge on any atom is -0.459 e. The summed E-state index contributed by atoms with van der Waals surface area (Å²) in [7, 11) is 2.85. The highest BCUT2D eigenvalue weighted by atomic mass is 31.0. The maximum Gasteiger partial charge on any atom is 0.294 e. The second-order valence-electron chi connectivity index (χ2n) is 8.03. The molecule has 0 amide bonds. The van der Waals surface area contributed by atoms with E-state index in [1.165, 1.54) is 11.1 Å². The highest BCUT2D eigenvalue weighted by molar-refractivity contribution is 7.29. The second-order valence-corrected chi connectivity index (χ2v) is 8.61. The summed E-state index contributed by atoms with van der Waals surface area (Å²) in [5, 5.41) is 10.8. The smallest absolute Gasteiger partial charge is 0.294 e. The molecule has 0 aliphatic carbocycles. The maximum absolute atomic E-state index is 9.79. The summed E-state index contributed by atoms with van der Waals surface area (Å²) >= 11 is 0. The molecule has 3 unspecified atom stereocenters. The molecule has 2 N–H and O–H groups in total. The lowest BCUT2D eigenvalue weighted by Crippen LogP contribution is -2.36. The summed E-state index contributed by atoms with van der Waals surface area (Å²) in [6.45, 7) is 2.93. The Balaban J connectivity index is 1.46. The molecule has 31 heavy (non-hydrogen) atoms. The molecule has 0 saturated carbocycles. The normalized spacial score (nSPS) is 18.9. The van der Waals surface area contributed by atoms with Crippen molar-refractivity contribution >= 4 is 25.6 Å². The van der Waals surface area contributed by atoms with Crippen LogP contribution in [0.1, 0.15) is 12.0 Å². The van der Waals surface area contributed by atoms with E-state index in [1.807, 2.05) is 6.07 Å². The molecule has 5 rings (SSSR count). The number of aromatic amines is 1. The van der Waals surface area contributed by atoms with E-state index in [1.54, 1.807) is 0 Å². The summed E-state index contributed by atoms with van der Waals surface area (Å²) in [6.07, 6.45) is -0.153. The average Bonchev–Trinajstić information content (AvgIpc) is 3.17. The van der Waals surface area contributed by atoms with Crippen molar-refractivity contribution in [1.82, 2.24) is 9.97 Å². The fraction of sp³-hybridized carbons (Fsp3) is 0.240. The molecule has 1 saturated heterocycles. The minimum absolute atomic E-state index is 0.205. The summed E-state index contributed by atoms with van der Waals surface area (Å²) in [5.74, 6) is 0. The Morgan fingerprint density at radius 1 is 1.03 bits per heavy atom. The Kier molecular flexibility index (Phi) is 5.49. The number of imidazole rings is 1. The zero-order valence-corrected chi connectivity index (χ0v) is 18.5. The highest BCUT2D eigenvalue weighted by Gasteiger charge is 2.24. The first-order valence-electron chi connectivity index (χ1n) is 10.5. The van der Waals surface area contributed by atoms with Gasteiger partial charge in [0.2, 0.25) is 0 Å². The number of H-pyrrole nitrogens is 1. The van der Waals surface area contributed by atoms with Crippen LogP contribution in [0.5, 0.6) is 6.01 Å². The minimum atomic E-state index is -0.492. The van der Waals surface area contributed by atoms with Crippen LogP contribution in [0.4, 0.5) is 0 Å². The second kappa shape index (κ2) is 8.43. The molecule has 0 radical (unpaired) electrons. The lowest BCUT2D eigenvalue weighted by Gasteiger charge is -2.25. The van der Waals surface area contributed by atoms with Crippen LogP contribution in [0.25, 0.3) is 33.3 Å². The van der Waals surface area contributed by atoms with Crippen LogP contribution >= 0.6 is 9.24 Å². The predicted molar refractivity (Wildman–Crippen MR) is 127 cm³/mol. The molecular formula is C25H25N2O3P. The van der Waals surface area contributed by atoms with Crippen molar-refractivity contribution in [3.63, 3.8) is 0 Å². The quantitative estimate of drug-likeness (QED) is 0.474. The van der Waals surface area contributed by atoms with Gasteiger partial charge in [0.15, 0.2) is 0 Å². The van der Waals surface area contributed by atoms with Crippen LogP contribution in [0.3, 0.4) is 0 Å². The number of aliphatic hydroxyl groups is 1. The van der Waals surface area contributed by atoms with Crippen LogP contribution in [0.2, 0.25) is 0 Å². The number of aliphatic hydroxyl groups excluding tert-OH is 1. The van der Waals surface area contributed by atoms with Crippen molar-refractivity contribution in [2.75, 3.05) is 13.2 Å². The lowest BCUT2D eigenvalue weighted by molar-refractivity contribution is -0.0646. The Hall–Kier alpha value is -2.72. The molecular weight excluding hydrogens is 407 g/mol. The SMILES string of the molecule is Cc1cc2[nH]c(OC3COCC(O)C3)nc2c(P)c1-c1ccc(-c2ccccc2)cc1. The summed E-state index contributed by atoms with van der Waals surface area (Å²) < 4.78 is 11.3. The van der Waals surface area contributed by atoms with Crippen molar-refractivity contribution in [3.8, 4) is 28.3 Å². The molecule has 0 bridgehead atoms. The van der Waals surface area contributed by atoms with Gasteiger partial charge in [-0.25, -0.2) is 0 Å². The average molecular weight is 432 g/mol. The van der Waals surface area contributed by atoms with Crippen molar-refractivity contribution in [3.05, 3.63) is 66.2 Å². The van der Waals surface area contributed by atoms with E-state index in [0.29, 0.717) is 25.6 Å². The van der Waals surface area contributed by atoms with Crippen molar-refractivity contribution in [1.29, 1.82) is 0 Å². The van der Waals surface area contributed by atoms with Crippen LogP contribution < -0.4 is 10.0 Å². The molecule has 158 valence electrons. The van der Waals surface area contributed by atoms with E-state index < -0.39 is 6.10 Å². The number of benzene rings is 3. The highest BCUT2D eigenvalue weighted by Crippen LogP contribution is 2.31. The summed E-state index contributed by atoms with van der Waals surface area (Å²) in [5.41, 5.74) is 7.67. The first-order chi connectivity index (χ1) is 15.1. The lowest BCUT2D eigenvalue weighted by atomic mass is 9.97. The number of fused-ring (bicyclic) bond motifs is 1. The van der Waals surface area contributed by atoms with Gasteiger partial charge in [0.05, 0.1) is 30.4 Å². The van der Waals surface area contributed by atoms with E-state index in [9.17, 15) is 5.11 Å². The first-order valence-corrected chi connectivity index (χ1v) is 11.0. The molecule has 0 spiro atoms. The molecule has 5 nitrogen and oxygen atoms in total. The number of rotatable bonds is 4. The molecule has 4 aromatic rings. The molecule has 2 heterocycles. The van der Waals surface area contributed by atoms with E-state index >= 15 is 0 Å². The van der Waals surface area contributed by atoms with Gasteiger partial charge in [0.25, 0.3) is 6.01 Å². The van der Waals surface area contributed by atoms with Gasteiger partial charge in [-0.1, -0.05) is 54.6 Å². The Bertz CT molecular complexity index is 1210. The monoisotopic (exact) mass is 432 g/mol. The number of nitrogens with one attached hydrogen (secondary N) is 1. The van der Waals surface area contributed by atoms with Crippen LogP contribution in [-0.2, 0) is 4.74 Å². The Morgan fingerprint density at radius 2 is 1.74 bits per heavy atom.